The number of hydrogen-bond acceptors (Lipinski definition) is 12. The zero-order valence-corrected chi connectivity index (χ0v) is 31.0. The number of carbonyl (C=O) groups is 4. The number of ketones is 1. The fourth-order valence-electron chi connectivity index (χ4n) is 7.19. The first-order valence-corrected chi connectivity index (χ1v) is 17.4. The van der Waals surface area contributed by atoms with Gasteiger partial charge in [0.25, 0.3) is 0 Å². The van der Waals surface area contributed by atoms with E-state index in [0.717, 1.165) is 0 Å². The minimum atomic E-state index is -1.64. The van der Waals surface area contributed by atoms with Gasteiger partial charge < -0.3 is 33.9 Å². The molecule has 48 heavy (non-hydrogen) atoms. The third-order valence-corrected chi connectivity index (χ3v) is 10.1. The van der Waals surface area contributed by atoms with Gasteiger partial charge in [-0.15, -0.1) is 0 Å². The van der Waals surface area contributed by atoms with Gasteiger partial charge in [0.2, 0.25) is 0 Å². The third kappa shape index (κ3) is 10.8. The van der Waals surface area contributed by atoms with Gasteiger partial charge in [-0.25, -0.2) is 0 Å². The van der Waals surface area contributed by atoms with E-state index < -0.39 is 78.7 Å². The third-order valence-electron chi connectivity index (χ3n) is 10.1. The summed E-state index contributed by atoms with van der Waals surface area (Å²) >= 11 is 0. The molecule has 0 aromatic heterocycles. The summed E-state index contributed by atoms with van der Waals surface area (Å²) in [6, 6.07) is -0.610. The minimum absolute atomic E-state index is 0.114. The molecule has 2 aliphatic rings. The van der Waals surface area contributed by atoms with E-state index in [1.807, 2.05) is 34.6 Å². The molecule has 0 saturated carbocycles. The van der Waals surface area contributed by atoms with Crippen LogP contribution in [0.3, 0.4) is 0 Å². The first kappa shape index (κ1) is 41.8. The average Bonchev–Trinajstić information content (AvgIpc) is 3.00. The van der Waals surface area contributed by atoms with Crippen LogP contribution in [0.25, 0.3) is 0 Å². The van der Waals surface area contributed by atoms with E-state index in [2.05, 4.69) is 0 Å². The SMILES string of the molecule is CC[C@H]1/C=C(\C)C(O)C(O)C(=O)[C@H](C)C[C@H](C)[C@H](OC2OC(C)C(OC(C)=O)C(N(C)C)C2OC(C)=O)[C@@H](C)[C@H](C)CC(=O)O[C@@H]1CC. The second-order valence-electron chi connectivity index (χ2n) is 14.3. The number of hydrogen-bond donors (Lipinski definition) is 2. The summed E-state index contributed by atoms with van der Waals surface area (Å²) in [6.07, 6.45) is -4.19. The van der Waals surface area contributed by atoms with E-state index in [1.54, 1.807) is 45.8 Å². The lowest BCUT2D eigenvalue weighted by Crippen LogP contribution is -2.65. The maximum absolute atomic E-state index is 13.5. The smallest absolute Gasteiger partial charge is 0.306 e. The van der Waals surface area contributed by atoms with Crippen LogP contribution in [0.2, 0.25) is 0 Å². The summed E-state index contributed by atoms with van der Waals surface area (Å²) in [7, 11) is 3.57. The molecule has 2 heterocycles. The molecule has 0 aromatic rings. The quantitative estimate of drug-likeness (QED) is 0.227. The van der Waals surface area contributed by atoms with E-state index in [1.165, 1.54) is 13.8 Å². The van der Waals surface area contributed by atoms with Gasteiger partial charge in [0.1, 0.15) is 24.4 Å². The number of rotatable bonds is 7. The van der Waals surface area contributed by atoms with Gasteiger partial charge >= 0.3 is 17.9 Å². The highest BCUT2D eigenvalue weighted by atomic mass is 16.7. The van der Waals surface area contributed by atoms with Crippen LogP contribution in [0.1, 0.15) is 94.9 Å². The van der Waals surface area contributed by atoms with Gasteiger partial charge in [0.05, 0.1) is 18.2 Å². The fraction of sp³-hybridized carbons (Fsp3) is 0.833. The highest BCUT2D eigenvalue weighted by Crippen LogP contribution is 2.36. The molecular weight excluding hydrogens is 622 g/mol. The van der Waals surface area contributed by atoms with Crippen LogP contribution in [-0.4, -0.2) is 108 Å². The monoisotopic (exact) mass is 683 g/mol. The van der Waals surface area contributed by atoms with Crippen molar-refractivity contribution in [3.63, 3.8) is 0 Å². The van der Waals surface area contributed by atoms with E-state index in [9.17, 15) is 29.4 Å². The highest BCUT2D eigenvalue weighted by Gasteiger charge is 2.51. The van der Waals surface area contributed by atoms with E-state index in [-0.39, 0.29) is 36.1 Å². The number of esters is 3. The van der Waals surface area contributed by atoms with Crippen molar-refractivity contribution >= 4 is 23.7 Å². The van der Waals surface area contributed by atoms with Crippen molar-refractivity contribution in [2.45, 2.75) is 150 Å². The molecule has 1 saturated heterocycles. The summed E-state index contributed by atoms with van der Waals surface area (Å²) in [5, 5.41) is 22.0. The Labute approximate surface area is 286 Å². The van der Waals surface area contributed by atoms with Gasteiger partial charge in [-0.1, -0.05) is 47.6 Å². The van der Waals surface area contributed by atoms with Crippen LogP contribution >= 0.6 is 0 Å². The number of carbonyl (C=O) groups excluding carboxylic acids is 4. The minimum Gasteiger partial charge on any atom is -0.462 e. The van der Waals surface area contributed by atoms with Crippen molar-refractivity contribution in [2.24, 2.45) is 29.6 Å². The molecule has 0 aliphatic carbocycles. The second-order valence-corrected chi connectivity index (χ2v) is 14.3. The predicted octanol–water partition coefficient (Wildman–Crippen LogP) is 3.83. The molecule has 12 nitrogen and oxygen atoms in total. The van der Waals surface area contributed by atoms with Crippen LogP contribution in [0.5, 0.6) is 0 Å². The van der Waals surface area contributed by atoms with Crippen molar-refractivity contribution in [3.8, 4) is 0 Å². The first-order valence-electron chi connectivity index (χ1n) is 17.4. The number of ether oxygens (including phenoxy) is 5. The van der Waals surface area contributed by atoms with E-state index in [4.69, 9.17) is 23.7 Å². The molecule has 0 amide bonds. The van der Waals surface area contributed by atoms with Crippen molar-refractivity contribution in [3.05, 3.63) is 11.6 Å². The maximum Gasteiger partial charge on any atom is 0.306 e. The van der Waals surface area contributed by atoms with Crippen LogP contribution in [0.4, 0.5) is 0 Å². The molecule has 1 fully saturated rings. The van der Waals surface area contributed by atoms with Crippen LogP contribution < -0.4 is 0 Å². The highest BCUT2D eigenvalue weighted by molar-refractivity contribution is 5.85. The predicted molar refractivity (Wildman–Crippen MR) is 178 cm³/mol. The molecule has 0 bridgehead atoms. The number of likely N-dealkylation sites (N-methyl/N-ethyl adjacent to an activating group) is 1. The Kier molecular flexibility index (Phi) is 16.2. The Morgan fingerprint density at radius 3 is 2.00 bits per heavy atom. The average molecular weight is 684 g/mol. The Bertz CT molecular complexity index is 1130. The molecule has 0 radical (unpaired) electrons. The maximum atomic E-state index is 13.5. The van der Waals surface area contributed by atoms with Crippen molar-refractivity contribution in [1.82, 2.24) is 4.90 Å². The molecule has 14 atom stereocenters. The summed E-state index contributed by atoms with van der Waals surface area (Å²) in [5.74, 6) is -3.59. The normalized spacial score (nSPS) is 40.4. The van der Waals surface area contributed by atoms with Crippen molar-refractivity contribution in [2.75, 3.05) is 14.1 Å². The summed E-state index contributed by atoms with van der Waals surface area (Å²) in [6.45, 7) is 17.4. The molecule has 0 aromatic carbocycles. The number of aliphatic hydroxyl groups is 2. The lowest BCUT2D eigenvalue weighted by molar-refractivity contribution is -0.306. The molecule has 2 N–H and O–H groups in total. The van der Waals surface area contributed by atoms with E-state index in [0.29, 0.717) is 24.8 Å². The van der Waals surface area contributed by atoms with Gasteiger partial charge in [0.15, 0.2) is 18.2 Å². The van der Waals surface area contributed by atoms with E-state index >= 15 is 0 Å². The molecule has 276 valence electrons. The standard InChI is InChI=1S/C36H61NO11/c1-13-26-16-20(5)31(42)32(43)30(41)19(4)15-21(6)33(22(7)18(3)17-28(40)47-27(26)14-2)48-36-35(46-25(10)39)29(37(11)12)34(23(8)44-36)45-24(9)38/h16,18-19,21-23,26-27,29,31-36,42-43H,13-15,17H2,1-12H3/b20-16+/t18-,19-,21+,22+,23?,26+,27-,29?,31?,32?,33+,34?,35?,36?/m1/s1. The summed E-state index contributed by atoms with van der Waals surface area (Å²) < 4.78 is 30.4. The Morgan fingerprint density at radius 1 is 0.896 bits per heavy atom. The lowest BCUT2D eigenvalue weighted by atomic mass is 9.78. The molecule has 0 spiro atoms. The first-order chi connectivity index (χ1) is 22.3. The molecule has 12 heteroatoms. The summed E-state index contributed by atoms with van der Waals surface area (Å²) in [4.78, 5) is 53.0. The van der Waals surface area contributed by atoms with Gasteiger partial charge in [-0.2, -0.15) is 0 Å². The lowest BCUT2D eigenvalue weighted by Gasteiger charge is -2.48. The Hall–Kier alpha value is -2.38. The van der Waals surface area contributed by atoms with Crippen LogP contribution in [0.15, 0.2) is 11.6 Å². The van der Waals surface area contributed by atoms with Crippen LogP contribution in [0, 0.1) is 29.6 Å². The van der Waals surface area contributed by atoms with Gasteiger partial charge in [0, 0.05) is 32.1 Å². The fourth-order valence-corrected chi connectivity index (χ4v) is 7.19. The molecule has 7 unspecified atom stereocenters. The number of Topliss-reactive ketones (excluding diaryl/α,β-unsaturated/α-hetero) is 1. The van der Waals surface area contributed by atoms with Crippen LogP contribution in [-0.2, 0) is 42.9 Å². The largest absolute Gasteiger partial charge is 0.462 e. The van der Waals surface area contributed by atoms with Gasteiger partial charge in [-0.3, -0.25) is 24.1 Å². The molecular formula is C36H61NO11. The zero-order valence-electron chi connectivity index (χ0n) is 31.0. The van der Waals surface area contributed by atoms with Gasteiger partial charge in [-0.05, 0) is 70.5 Å². The molecule has 2 rings (SSSR count). The topological polar surface area (TPSA) is 158 Å². The van der Waals surface area contributed by atoms with Crippen molar-refractivity contribution in [1.29, 1.82) is 0 Å². The Balaban J connectivity index is 2.58. The number of cyclic esters (lactones) is 1. The second kappa shape index (κ2) is 18.6. The van der Waals surface area contributed by atoms with Crippen molar-refractivity contribution < 1.29 is 53.1 Å². The molecule has 2 aliphatic heterocycles. The summed E-state index contributed by atoms with van der Waals surface area (Å²) in [5.41, 5.74) is 0.440. The number of aliphatic hydroxyl groups excluding tert-OH is 2. The number of nitrogens with zero attached hydrogens (tertiary/aromatic N) is 1. The Morgan fingerprint density at radius 2 is 1.48 bits per heavy atom. The zero-order chi connectivity index (χ0) is 36.6.